The van der Waals surface area contributed by atoms with Crippen LogP contribution >= 0.6 is 0 Å². The molecule has 0 spiro atoms. The number of Topliss-reactive ketones (excluding diaryl/α,β-unsaturated/α-hetero) is 1. The van der Waals surface area contributed by atoms with Gasteiger partial charge in [-0.25, -0.2) is 0 Å². The number of ketones is 1. The third-order valence-corrected chi connectivity index (χ3v) is 3.38. The largest absolute Gasteiger partial charge is 0.354 e. The molecule has 0 aromatic carbocycles. The molecule has 18 heavy (non-hydrogen) atoms. The van der Waals surface area contributed by atoms with E-state index in [-0.39, 0.29) is 17.7 Å². The highest BCUT2D eigenvalue weighted by molar-refractivity contribution is 6.02. The second kappa shape index (κ2) is 5.38. The van der Waals surface area contributed by atoms with Gasteiger partial charge in [0.1, 0.15) is 5.69 Å². The van der Waals surface area contributed by atoms with E-state index in [1.165, 1.54) is 6.92 Å². The monoisotopic (exact) mass is 250 g/mol. The molecule has 0 saturated heterocycles. The summed E-state index contributed by atoms with van der Waals surface area (Å²) in [6, 6.07) is 0.0984. The van der Waals surface area contributed by atoms with Crippen LogP contribution in [0.5, 0.6) is 0 Å². The Hall–Kier alpha value is -1.58. The predicted molar refractivity (Wildman–Crippen MR) is 72.0 cm³/mol. The Labute approximate surface area is 108 Å². The van der Waals surface area contributed by atoms with Crippen molar-refractivity contribution >= 4 is 11.7 Å². The van der Waals surface area contributed by atoms with Crippen LogP contribution in [0.15, 0.2) is 0 Å². The van der Waals surface area contributed by atoms with Gasteiger partial charge in [0.2, 0.25) is 0 Å². The molecular formula is C14H22N2O2. The number of aromatic nitrogens is 1. The predicted octanol–water partition coefficient (Wildman–Crippen LogP) is 2.61. The average Bonchev–Trinajstić information content (AvgIpc) is 2.53. The van der Waals surface area contributed by atoms with Gasteiger partial charge in [0, 0.05) is 17.3 Å². The van der Waals surface area contributed by atoms with Gasteiger partial charge in [-0.05, 0) is 39.2 Å². The molecule has 4 nitrogen and oxygen atoms in total. The van der Waals surface area contributed by atoms with Crippen LogP contribution in [0.2, 0.25) is 0 Å². The van der Waals surface area contributed by atoms with E-state index in [1.54, 1.807) is 6.92 Å². The van der Waals surface area contributed by atoms with Crippen LogP contribution in [0, 0.1) is 19.8 Å². The zero-order chi connectivity index (χ0) is 14.0. The lowest BCUT2D eigenvalue weighted by molar-refractivity contribution is 0.0925. The Morgan fingerprint density at radius 3 is 2.11 bits per heavy atom. The molecule has 1 amide bonds. The van der Waals surface area contributed by atoms with Gasteiger partial charge in [-0.1, -0.05) is 13.8 Å². The number of aryl methyl sites for hydroxylation is 1. The summed E-state index contributed by atoms with van der Waals surface area (Å²) >= 11 is 0. The third kappa shape index (κ3) is 2.81. The van der Waals surface area contributed by atoms with E-state index in [9.17, 15) is 9.59 Å². The first-order valence-corrected chi connectivity index (χ1v) is 6.26. The minimum atomic E-state index is -0.149. The standard InChI is InChI=1S/C14H22N2O2/c1-7(2)9(4)16-14(18)13-8(3)12(11(6)17)10(5)15-13/h7,9,15H,1-6H3,(H,16,18). The molecule has 100 valence electrons. The van der Waals surface area contributed by atoms with Crippen molar-refractivity contribution in [3.63, 3.8) is 0 Å². The molecule has 1 atom stereocenters. The number of H-pyrrole nitrogens is 1. The summed E-state index contributed by atoms with van der Waals surface area (Å²) in [5.74, 6) is 0.208. The zero-order valence-corrected chi connectivity index (χ0v) is 12.0. The van der Waals surface area contributed by atoms with Gasteiger partial charge in [-0.3, -0.25) is 9.59 Å². The quantitative estimate of drug-likeness (QED) is 0.807. The molecule has 2 N–H and O–H groups in total. The molecule has 0 aliphatic heterocycles. The summed E-state index contributed by atoms with van der Waals surface area (Å²) in [6.07, 6.45) is 0. The lowest BCUT2D eigenvalue weighted by atomic mass is 10.0. The highest BCUT2D eigenvalue weighted by Crippen LogP contribution is 2.18. The molecule has 0 bridgehead atoms. The number of nitrogens with one attached hydrogen (secondary N) is 2. The molecule has 0 aliphatic rings. The molecular weight excluding hydrogens is 228 g/mol. The number of hydrogen-bond acceptors (Lipinski definition) is 2. The highest BCUT2D eigenvalue weighted by atomic mass is 16.2. The lowest BCUT2D eigenvalue weighted by Gasteiger charge is -2.17. The summed E-state index contributed by atoms with van der Waals surface area (Å²) in [7, 11) is 0. The molecule has 1 aromatic heterocycles. The fourth-order valence-corrected chi connectivity index (χ4v) is 1.95. The smallest absolute Gasteiger partial charge is 0.268 e. The van der Waals surface area contributed by atoms with Gasteiger partial charge in [-0.15, -0.1) is 0 Å². The maximum Gasteiger partial charge on any atom is 0.268 e. The van der Waals surface area contributed by atoms with E-state index in [0.717, 1.165) is 11.3 Å². The van der Waals surface area contributed by atoms with Gasteiger partial charge < -0.3 is 10.3 Å². The fourth-order valence-electron chi connectivity index (χ4n) is 1.95. The minimum absolute atomic E-state index is 0.0165. The molecule has 0 saturated carbocycles. The van der Waals surface area contributed by atoms with Crippen molar-refractivity contribution in [1.82, 2.24) is 10.3 Å². The van der Waals surface area contributed by atoms with Crippen molar-refractivity contribution in [2.24, 2.45) is 5.92 Å². The maximum atomic E-state index is 12.1. The van der Waals surface area contributed by atoms with Crippen LogP contribution in [-0.2, 0) is 0 Å². The number of rotatable bonds is 4. The lowest BCUT2D eigenvalue weighted by Crippen LogP contribution is -2.36. The van der Waals surface area contributed by atoms with Gasteiger partial charge in [0.05, 0.1) is 0 Å². The van der Waals surface area contributed by atoms with Crippen molar-refractivity contribution < 1.29 is 9.59 Å². The van der Waals surface area contributed by atoms with Crippen LogP contribution in [0.3, 0.4) is 0 Å². The Balaban J connectivity index is 3.01. The van der Waals surface area contributed by atoms with Crippen molar-refractivity contribution in [3.8, 4) is 0 Å². The molecule has 0 radical (unpaired) electrons. The Bertz CT molecular complexity index is 472. The normalized spacial score (nSPS) is 12.6. The summed E-state index contributed by atoms with van der Waals surface area (Å²) in [5.41, 5.74) is 2.60. The van der Waals surface area contributed by atoms with Crippen LogP contribution in [0.1, 0.15) is 59.8 Å². The number of amides is 1. The van der Waals surface area contributed by atoms with E-state index < -0.39 is 0 Å². The van der Waals surface area contributed by atoms with Crippen molar-refractivity contribution in [1.29, 1.82) is 0 Å². The van der Waals surface area contributed by atoms with Crippen molar-refractivity contribution in [2.45, 2.75) is 47.6 Å². The topological polar surface area (TPSA) is 62.0 Å². The van der Waals surface area contributed by atoms with E-state index in [2.05, 4.69) is 24.1 Å². The highest BCUT2D eigenvalue weighted by Gasteiger charge is 2.21. The number of aromatic amines is 1. The molecule has 0 aliphatic carbocycles. The second-order valence-corrected chi connectivity index (χ2v) is 5.19. The van der Waals surface area contributed by atoms with Gasteiger partial charge >= 0.3 is 0 Å². The van der Waals surface area contributed by atoms with E-state index in [4.69, 9.17) is 0 Å². The van der Waals surface area contributed by atoms with Crippen LogP contribution in [-0.4, -0.2) is 22.7 Å². The van der Waals surface area contributed by atoms with Gasteiger partial charge in [0.15, 0.2) is 5.78 Å². The van der Waals surface area contributed by atoms with E-state index in [0.29, 0.717) is 17.2 Å². The first kappa shape index (κ1) is 14.5. The van der Waals surface area contributed by atoms with Crippen molar-refractivity contribution in [2.75, 3.05) is 0 Å². The van der Waals surface area contributed by atoms with Gasteiger partial charge in [0.25, 0.3) is 5.91 Å². The molecule has 1 rings (SSSR count). The summed E-state index contributed by atoms with van der Waals surface area (Å²) in [4.78, 5) is 26.6. The average molecular weight is 250 g/mol. The maximum absolute atomic E-state index is 12.1. The first-order chi connectivity index (χ1) is 8.25. The minimum Gasteiger partial charge on any atom is -0.354 e. The van der Waals surface area contributed by atoms with E-state index in [1.807, 2.05) is 13.8 Å². The Morgan fingerprint density at radius 1 is 1.17 bits per heavy atom. The molecule has 1 aromatic rings. The number of hydrogen-bond donors (Lipinski definition) is 2. The Kier molecular flexibility index (Phi) is 4.33. The number of carbonyl (C=O) groups excluding carboxylic acids is 2. The van der Waals surface area contributed by atoms with Crippen molar-refractivity contribution in [3.05, 3.63) is 22.5 Å². The van der Waals surface area contributed by atoms with E-state index >= 15 is 0 Å². The molecule has 1 unspecified atom stereocenters. The SMILES string of the molecule is CC(=O)c1c(C)[nH]c(C(=O)NC(C)C(C)C)c1C. The summed E-state index contributed by atoms with van der Waals surface area (Å²) in [6.45, 7) is 11.2. The zero-order valence-electron chi connectivity index (χ0n) is 12.0. The number of carbonyl (C=O) groups is 2. The summed E-state index contributed by atoms with van der Waals surface area (Å²) in [5, 5.41) is 2.93. The Morgan fingerprint density at radius 2 is 1.72 bits per heavy atom. The summed E-state index contributed by atoms with van der Waals surface area (Å²) < 4.78 is 0. The fraction of sp³-hybridized carbons (Fsp3) is 0.571. The molecule has 0 fully saturated rings. The molecule has 1 heterocycles. The van der Waals surface area contributed by atoms with Crippen LogP contribution in [0.25, 0.3) is 0 Å². The first-order valence-electron chi connectivity index (χ1n) is 6.26. The van der Waals surface area contributed by atoms with Crippen LogP contribution in [0.4, 0.5) is 0 Å². The van der Waals surface area contributed by atoms with Crippen LogP contribution < -0.4 is 5.32 Å². The third-order valence-electron chi connectivity index (χ3n) is 3.38. The molecule has 4 heteroatoms. The second-order valence-electron chi connectivity index (χ2n) is 5.19. The van der Waals surface area contributed by atoms with Gasteiger partial charge in [-0.2, -0.15) is 0 Å².